The Kier molecular flexibility index (Phi) is 3.73. The molecule has 3 rings (SSSR count). The van der Waals surface area contributed by atoms with E-state index in [1.165, 1.54) is 0 Å². The minimum absolute atomic E-state index is 0.00696. The van der Waals surface area contributed by atoms with Crippen LogP contribution in [0.4, 0.5) is 5.69 Å². The first-order valence-corrected chi connectivity index (χ1v) is 7.09. The van der Waals surface area contributed by atoms with Gasteiger partial charge < -0.3 is 9.64 Å². The predicted molar refractivity (Wildman–Crippen MR) is 83.8 cm³/mol. The molecule has 2 aromatic rings. The predicted octanol–water partition coefficient (Wildman–Crippen LogP) is 3.67. The largest absolute Gasteiger partial charge is 0.487 e. The van der Waals surface area contributed by atoms with E-state index in [2.05, 4.69) is 11.8 Å². The molecule has 106 valence electrons. The summed E-state index contributed by atoms with van der Waals surface area (Å²) in [5.41, 5.74) is 2.56. The smallest absolute Gasteiger partial charge is 0.191 e. The average molecular weight is 279 g/mol. The van der Waals surface area contributed by atoms with Gasteiger partial charge in [-0.3, -0.25) is 4.79 Å². The number of ether oxygens (including phenoxy) is 1. The Morgan fingerprint density at radius 1 is 1.05 bits per heavy atom. The maximum absolute atomic E-state index is 12.4. The number of fused-ring (bicyclic) bond motifs is 1. The summed E-state index contributed by atoms with van der Waals surface area (Å²) in [5.74, 6) is 0.644. The number of likely N-dealkylation sites (N-methyl/N-ethyl adjacent to an activating group) is 1. The zero-order valence-electron chi connectivity index (χ0n) is 12.0. The van der Waals surface area contributed by atoms with Crippen molar-refractivity contribution in [3.05, 3.63) is 71.9 Å². The monoisotopic (exact) mass is 279 g/mol. The van der Waals surface area contributed by atoms with E-state index < -0.39 is 0 Å². The molecule has 1 heterocycles. The number of allylic oxidation sites excluding steroid dienone is 1. The van der Waals surface area contributed by atoms with Gasteiger partial charge in [0.15, 0.2) is 5.78 Å². The fourth-order valence-electron chi connectivity index (χ4n) is 2.53. The molecule has 3 nitrogen and oxygen atoms in total. The van der Waals surface area contributed by atoms with Crippen LogP contribution in [0.3, 0.4) is 0 Å². The number of hydrogen-bond donors (Lipinski definition) is 0. The van der Waals surface area contributed by atoms with Crippen LogP contribution in [-0.2, 0) is 0 Å². The Bertz CT molecular complexity index is 677. The number of para-hydroxylation sites is 2. The first-order valence-electron chi connectivity index (χ1n) is 7.09. The van der Waals surface area contributed by atoms with Crippen molar-refractivity contribution in [1.82, 2.24) is 0 Å². The summed E-state index contributed by atoms with van der Waals surface area (Å²) in [5, 5.41) is 0. The van der Waals surface area contributed by atoms with Gasteiger partial charge in [0.05, 0.1) is 11.3 Å². The van der Waals surface area contributed by atoms with Crippen molar-refractivity contribution < 1.29 is 9.53 Å². The van der Waals surface area contributed by atoms with Gasteiger partial charge in [-0.2, -0.15) is 0 Å². The molecular weight excluding hydrogens is 262 g/mol. The van der Waals surface area contributed by atoms with E-state index in [0.717, 1.165) is 17.9 Å². The lowest BCUT2D eigenvalue weighted by Gasteiger charge is -2.25. The highest BCUT2D eigenvalue weighted by molar-refractivity contribution is 6.07. The second-order valence-electron chi connectivity index (χ2n) is 4.86. The lowest BCUT2D eigenvalue weighted by Crippen LogP contribution is -2.25. The highest BCUT2D eigenvalue weighted by atomic mass is 16.5. The number of nitrogens with zero attached hydrogens (tertiary/aromatic N) is 1. The van der Waals surface area contributed by atoms with E-state index in [0.29, 0.717) is 17.9 Å². The Hall–Kier alpha value is -2.55. The minimum Gasteiger partial charge on any atom is -0.487 e. The fourth-order valence-corrected chi connectivity index (χ4v) is 2.53. The van der Waals surface area contributed by atoms with Crippen molar-refractivity contribution in [1.29, 1.82) is 0 Å². The number of carbonyl (C=O) groups is 1. The molecule has 0 saturated carbocycles. The van der Waals surface area contributed by atoms with Crippen LogP contribution in [0.15, 0.2) is 66.4 Å². The van der Waals surface area contributed by atoms with E-state index in [1.54, 1.807) is 12.1 Å². The van der Waals surface area contributed by atoms with Gasteiger partial charge in [-0.25, -0.2) is 0 Å². The molecule has 3 heteroatoms. The second-order valence-corrected chi connectivity index (χ2v) is 4.86. The van der Waals surface area contributed by atoms with Gasteiger partial charge in [0.1, 0.15) is 12.4 Å². The van der Waals surface area contributed by atoms with Gasteiger partial charge in [-0.05, 0) is 31.2 Å². The third-order valence-electron chi connectivity index (χ3n) is 3.56. The molecule has 0 bridgehead atoms. The van der Waals surface area contributed by atoms with Gasteiger partial charge in [-0.15, -0.1) is 0 Å². The zero-order chi connectivity index (χ0) is 14.7. The molecular formula is C18H17NO2. The van der Waals surface area contributed by atoms with Crippen LogP contribution in [0.25, 0.3) is 0 Å². The zero-order valence-corrected chi connectivity index (χ0v) is 12.0. The van der Waals surface area contributed by atoms with Crippen LogP contribution in [0.2, 0.25) is 0 Å². The molecule has 1 aliphatic rings. The Morgan fingerprint density at radius 2 is 1.76 bits per heavy atom. The lowest BCUT2D eigenvalue weighted by atomic mass is 10.1. The number of rotatable bonds is 3. The fraction of sp³-hybridized carbons (Fsp3) is 0.167. The molecule has 0 unspecified atom stereocenters. The molecule has 2 aromatic carbocycles. The minimum atomic E-state index is -0.00696. The average Bonchev–Trinajstić information content (AvgIpc) is 2.69. The van der Waals surface area contributed by atoms with Gasteiger partial charge in [0, 0.05) is 18.3 Å². The summed E-state index contributed by atoms with van der Waals surface area (Å²) in [4.78, 5) is 14.5. The van der Waals surface area contributed by atoms with Crippen molar-refractivity contribution >= 4 is 11.5 Å². The van der Waals surface area contributed by atoms with Gasteiger partial charge in [-0.1, -0.05) is 30.3 Å². The second kappa shape index (κ2) is 5.83. The van der Waals surface area contributed by atoms with Crippen LogP contribution >= 0.6 is 0 Å². The molecule has 0 aliphatic carbocycles. The van der Waals surface area contributed by atoms with E-state index in [4.69, 9.17) is 4.74 Å². The molecule has 0 saturated heterocycles. The first-order chi connectivity index (χ1) is 10.3. The van der Waals surface area contributed by atoms with Crippen LogP contribution in [0.1, 0.15) is 17.3 Å². The van der Waals surface area contributed by atoms with E-state index >= 15 is 0 Å². The molecule has 21 heavy (non-hydrogen) atoms. The van der Waals surface area contributed by atoms with Crippen LogP contribution in [0.5, 0.6) is 5.75 Å². The lowest BCUT2D eigenvalue weighted by molar-refractivity contribution is 0.104. The summed E-state index contributed by atoms with van der Waals surface area (Å²) < 4.78 is 5.80. The molecule has 0 radical (unpaired) electrons. The summed E-state index contributed by atoms with van der Waals surface area (Å²) in [7, 11) is 0. The highest BCUT2D eigenvalue weighted by Crippen LogP contribution is 2.26. The molecule has 0 N–H and O–H groups in total. The summed E-state index contributed by atoms with van der Waals surface area (Å²) >= 11 is 0. The normalized spacial score (nSPS) is 13.8. The van der Waals surface area contributed by atoms with Crippen molar-refractivity contribution in [2.24, 2.45) is 0 Å². The third kappa shape index (κ3) is 2.68. The third-order valence-corrected chi connectivity index (χ3v) is 3.56. The molecule has 0 aromatic heterocycles. The van der Waals surface area contributed by atoms with Gasteiger partial charge in [0.2, 0.25) is 0 Å². The first kappa shape index (κ1) is 13.4. The SMILES string of the molecule is CCN(C1=CC(=O)c2ccccc2OC1)c1ccccc1. The number of benzene rings is 2. The summed E-state index contributed by atoms with van der Waals surface area (Å²) in [6.45, 7) is 3.24. The maximum Gasteiger partial charge on any atom is 0.191 e. The Labute approximate surface area is 124 Å². The quantitative estimate of drug-likeness (QED) is 0.858. The van der Waals surface area contributed by atoms with Gasteiger partial charge in [0.25, 0.3) is 0 Å². The van der Waals surface area contributed by atoms with E-state index in [9.17, 15) is 4.79 Å². The Balaban J connectivity index is 1.95. The van der Waals surface area contributed by atoms with Crippen molar-refractivity contribution in [3.63, 3.8) is 0 Å². The van der Waals surface area contributed by atoms with Crippen LogP contribution < -0.4 is 9.64 Å². The Morgan fingerprint density at radius 3 is 2.52 bits per heavy atom. The standard InChI is InChI=1S/C18H17NO2/c1-2-19(14-8-4-3-5-9-14)15-12-17(20)16-10-6-7-11-18(16)21-13-15/h3-12H,2,13H2,1H3. The maximum atomic E-state index is 12.4. The number of ketones is 1. The number of anilines is 1. The molecule has 0 amide bonds. The van der Waals surface area contributed by atoms with Crippen molar-refractivity contribution in [3.8, 4) is 5.75 Å². The van der Waals surface area contributed by atoms with Crippen LogP contribution in [0, 0.1) is 0 Å². The highest BCUT2D eigenvalue weighted by Gasteiger charge is 2.19. The van der Waals surface area contributed by atoms with Crippen molar-refractivity contribution in [2.75, 3.05) is 18.1 Å². The number of hydrogen-bond acceptors (Lipinski definition) is 3. The molecule has 1 aliphatic heterocycles. The molecule has 0 atom stereocenters. The summed E-state index contributed by atoms with van der Waals surface area (Å²) in [6.07, 6.45) is 1.68. The molecule has 0 spiro atoms. The topological polar surface area (TPSA) is 29.5 Å². The van der Waals surface area contributed by atoms with E-state index in [1.807, 2.05) is 48.5 Å². The van der Waals surface area contributed by atoms with Crippen LogP contribution in [-0.4, -0.2) is 18.9 Å². The molecule has 0 fully saturated rings. The van der Waals surface area contributed by atoms with E-state index in [-0.39, 0.29) is 5.78 Å². The van der Waals surface area contributed by atoms with Crippen molar-refractivity contribution in [2.45, 2.75) is 6.92 Å². The van der Waals surface area contributed by atoms with Gasteiger partial charge >= 0.3 is 0 Å². The number of carbonyl (C=O) groups excluding carboxylic acids is 1. The summed E-state index contributed by atoms with van der Waals surface area (Å²) in [6, 6.07) is 17.4.